The van der Waals surface area contributed by atoms with E-state index < -0.39 is 0 Å². The van der Waals surface area contributed by atoms with Crippen LogP contribution in [0, 0.1) is 5.92 Å². The average Bonchev–Trinajstić information content (AvgIpc) is 2.65. The highest BCUT2D eigenvalue weighted by molar-refractivity contribution is 9.10. The molecule has 0 bridgehead atoms. The Kier molecular flexibility index (Phi) is 9.13. The standard InChI is InChI=1S/C19H33BrN4O/c1-4-24(12-13-25-3)11-5-6-16-7-9-18(10-8-16)23(2)19-21-14-17(20)15-22-19/h14-16,18H,4-13H2,1-3H3. The highest BCUT2D eigenvalue weighted by atomic mass is 79.9. The van der Waals surface area contributed by atoms with Gasteiger partial charge in [-0.15, -0.1) is 0 Å². The number of methoxy groups -OCH3 is 1. The van der Waals surface area contributed by atoms with Crippen LogP contribution < -0.4 is 4.90 Å². The van der Waals surface area contributed by atoms with Gasteiger partial charge in [-0.25, -0.2) is 9.97 Å². The molecule has 1 fully saturated rings. The zero-order valence-corrected chi connectivity index (χ0v) is 17.5. The number of nitrogens with zero attached hydrogens (tertiary/aromatic N) is 4. The van der Waals surface area contributed by atoms with E-state index in [9.17, 15) is 0 Å². The van der Waals surface area contributed by atoms with E-state index in [1.54, 1.807) is 7.11 Å². The van der Waals surface area contributed by atoms with Crippen LogP contribution in [0.3, 0.4) is 0 Å². The van der Waals surface area contributed by atoms with Crippen molar-refractivity contribution in [2.75, 3.05) is 45.3 Å². The lowest BCUT2D eigenvalue weighted by Gasteiger charge is -2.35. The Bertz CT molecular complexity index is 477. The summed E-state index contributed by atoms with van der Waals surface area (Å²) in [5.74, 6) is 1.72. The number of hydrogen-bond donors (Lipinski definition) is 0. The zero-order chi connectivity index (χ0) is 18.1. The van der Waals surface area contributed by atoms with Gasteiger partial charge in [0, 0.05) is 39.1 Å². The van der Waals surface area contributed by atoms with Gasteiger partial charge in [-0.1, -0.05) is 6.92 Å². The maximum atomic E-state index is 5.19. The van der Waals surface area contributed by atoms with Crippen molar-refractivity contribution in [3.63, 3.8) is 0 Å². The summed E-state index contributed by atoms with van der Waals surface area (Å²) >= 11 is 3.40. The number of likely N-dealkylation sites (N-methyl/N-ethyl adjacent to an activating group) is 1. The molecule has 0 amide bonds. The van der Waals surface area contributed by atoms with Crippen molar-refractivity contribution < 1.29 is 4.74 Å². The Hall–Kier alpha value is -0.720. The number of halogens is 1. The summed E-state index contributed by atoms with van der Waals surface area (Å²) in [4.78, 5) is 13.6. The lowest BCUT2D eigenvalue weighted by atomic mass is 9.83. The van der Waals surface area contributed by atoms with Crippen LogP contribution >= 0.6 is 15.9 Å². The van der Waals surface area contributed by atoms with Crippen molar-refractivity contribution in [3.05, 3.63) is 16.9 Å². The molecular weight excluding hydrogens is 380 g/mol. The minimum Gasteiger partial charge on any atom is -0.383 e. The Labute approximate surface area is 161 Å². The number of rotatable bonds is 10. The normalized spacial score (nSPS) is 20.8. The van der Waals surface area contributed by atoms with E-state index in [0.717, 1.165) is 36.0 Å². The molecule has 1 aromatic rings. The Balaban J connectivity index is 1.68. The topological polar surface area (TPSA) is 41.5 Å². The van der Waals surface area contributed by atoms with Crippen molar-refractivity contribution in [1.29, 1.82) is 0 Å². The lowest BCUT2D eigenvalue weighted by molar-refractivity contribution is 0.147. The van der Waals surface area contributed by atoms with E-state index in [1.165, 1.54) is 45.1 Å². The van der Waals surface area contributed by atoms with Crippen LogP contribution in [-0.4, -0.2) is 61.3 Å². The molecule has 0 aliphatic heterocycles. The molecule has 6 heteroatoms. The molecule has 142 valence electrons. The Morgan fingerprint density at radius 1 is 1.16 bits per heavy atom. The monoisotopic (exact) mass is 412 g/mol. The van der Waals surface area contributed by atoms with Crippen molar-refractivity contribution >= 4 is 21.9 Å². The van der Waals surface area contributed by atoms with Crippen LogP contribution in [0.15, 0.2) is 16.9 Å². The molecular formula is C19H33BrN4O. The van der Waals surface area contributed by atoms with Gasteiger partial charge < -0.3 is 14.5 Å². The average molecular weight is 413 g/mol. The minimum atomic E-state index is 0.575. The zero-order valence-electron chi connectivity index (χ0n) is 16.0. The molecule has 1 saturated carbocycles. The van der Waals surface area contributed by atoms with E-state index in [1.807, 2.05) is 12.4 Å². The van der Waals surface area contributed by atoms with Gasteiger partial charge in [-0.2, -0.15) is 0 Å². The summed E-state index contributed by atoms with van der Waals surface area (Å²) in [6.07, 6.45) is 11.5. The van der Waals surface area contributed by atoms with Gasteiger partial charge in [-0.3, -0.25) is 0 Å². The van der Waals surface area contributed by atoms with E-state index in [0.29, 0.717) is 6.04 Å². The summed E-state index contributed by atoms with van der Waals surface area (Å²) in [7, 11) is 3.91. The fourth-order valence-corrected chi connectivity index (χ4v) is 3.93. The molecule has 1 aliphatic carbocycles. The number of hydrogen-bond acceptors (Lipinski definition) is 5. The van der Waals surface area contributed by atoms with Gasteiger partial charge >= 0.3 is 0 Å². The van der Waals surface area contributed by atoms with Gasteiger partial charge in [0.25, 0.3) is 0 Å². The highest BCUT2D eigenvalue weighted by Gasteiger charge is 2.25. The first-order chi connectivity index (χ1) is 12.1. The quantitative estimate of drug-likeness (QED) is 0.580. The van der Waals surface area contributed by atoms with E-state index in [4.69, 9.17) is 4.74 Å². The molecule has 25 heavy (non-hydrogen) atoms. The first-order valence-corrected chi connectivity index (χ1v) is 10.3. The lowest BCUT2D eigenvalue weighted by Crippen LogP contribution is -2.36. The largest absolute Gasteiger partial charge is 0.383 e. The van der Waals surface area contributed by atoms with Crippen LogP contribution in [0.4, 0.5) is 5.95 Å². The summed E-state index contributed by atoms with van der Waals surface area (Å²) < 4.78 is 6.12. The highest BCUT2D eigenvalue weighted by Crippen LogP contribution is 2.31. The van der Waals surface area contributed by atoms with Crippen molar-refractivity contribution in [2.45, 2.75) is 51.5 Å². The van der Waals surface area contributed by atoms with Gasteiger partial charge in [-0.05, 0) is 73.5 Å². The minimum absolute atomic E-state index is 0.575. The predicted molar refractivity (Wildman–Crippen MR) is 107 cm³/mol. The maximum absolute atomic E-state index is 5.19. The molecule has 0 spiro atoms. The molecule has 0 unspecified atom stereocenters. The van der Waals surface area contributed by atoms with Gasteiger partial charge in [0.2, 0.25) is 5.95 Å². The third kappa shape index (κ3) is 6.83. The molecule has 0 aromatic carbocycles. The third-order valence-electron chi connectivity index (χ3n) is 5.43. The fourth-order valence-electron chi connectivity index (χ4n) is 3.72. The molecule has 0 atom stereocenters. The van der Waals surface area contributed by atoms with Gasteiger partial charge in [0.05, 0.1) is 11.1 Å². The van der Waals surface area contributed by atoms with E-state index >= 15 is 0 Å². The van der Waals surface area contributed by atoms with Crippen LogP contribution in [0.1, 0.15) is 45.4 Å². The van der Waals surface area contributed by atoms with Crippen LogP contribution in [0.2, 0.25) is 0 Å². The van der Waals surface area contributed by atoms with Crippen molar-refractivity contribution in [1.82, 2.24) is 14.9 Å². The molecule has 1 aliphatic rings. The van der Waals surface area contributed by atoms with Gasteiger partial charge in [0.1, 0.15) is 0 Å². The summed E-state index contributed by atoms with van der Waals surface area (Å²) in [5, 5.41) is 0. The maximum Gasteiger partial charge on any atom is 0.225 e. The summed E-state index contributed by atoms with van der Waals surface area (Å²) in [6, 6.07) is 0.575. The Morgan fingerprint density at radius 3 is 2.44 bits per heavy atom. The SMILES string of the molecule is CCN(CCCC1CCC(N(C)c2ncc(Br)cn2)CC1)CCOC. The van der Waals surface area contributed by atoms with Crippen molar-refractivity contribution in [3.8, 4) is 0 Å². The number of aromatic nitrogens is 2. The van der Waals surface area contributed by atoms with Crippen molar-refractivity contribution in [2.24, 2.45) is 5.92 Å². The third-order valence-corrected chi connectivity index (χ3v) is 5.84. The molecule has 0 N–H and O–H groups in total. The van der Waals surface area contributed by atoms with E-state index in [2.05, 4.69) is 49.7 Å². The molecule has 2 rings (SSSR count). The number of ether oxygens (including phenoxy) is 1. The van der Waals surface area contributed by atoms with Crippen LogP contribution in [0.5, 0.6) is 0 Å². The predicted octanol–water partition coefficient (Wildman–Crippen LogP) is 3.98. The van der Waals surface area contributed by atoms with E-state index in [-0.39, 0.29) is 0 Å². The second-order valence-electron chi connectivity index (χ2n) is 7.06. The first-order valence-electron chi connectivity index (χ1n) is 9.55. The molecule has 0 saturated heterocycles. The smallest absolute Gasteiger partial charge is 0.225 e. The van der Waals surface area contributed by atoms with Crippen LogP contribution in [-0.2, 0) is 4.74 Å². The molecule has 1 aromatic heterocycles. The Morgan fingerprint density at radius 2 is 1.84 bits per heavy atom. The summed E-state index contributed by atoms with van der Waals surface area (Å²) in [5.41, 5.74) is 0. The number of anilines is 1. The molecule has 5 nitrogen and oxygen atoms in total. The second kappa shape index (κ2) is 11.1. The van der Waals surface area contributed by atoms with Gasteiger partial charge in [0.15, 0.2) is 0 Å². The fraction of sp³-hybridized carbons (Fsp3) is 0.789. The summed E-state index contributed by atoms with van der Waals surface area (Å²) in [6.45, 7) is 6.45. The molecule has 1 heterocycles. The molecule has 0 radical (unpaired) electrons. The second-order valence-corrected chi connectivity index (χ2v) is 7.97. The first kappa shape index (κ1) is 20.6. The van der Waals surface area contributed by atoms with Crippen LogP contribution in [0.25, 0.3) is 0 Å².